The van der Waals surface area contributed by atoms with E-state index in [4.69, 9.17) is 5.84 Å². The molecule has 2 aromatic rings. The molecule has 0 bridgehead atoms. The molecule has 0 amide bonds. The highest BCUT2D eigenvalue weighted by Crippen LogP contribution is 2.18. The summed E-state index contributed by atoms with van der Waals surface area (Å²) in [6.45, 7) is 3.87. The second-order valence-electron chi connectivity index (χ2n) is 4.76. The molecule has 2 aromatic heterocycles. The summed E-state index contributed by atoms with van der Waals surface area (Å²) in [5, 5.41) is 0. The summed E-state index contributed by atoms with van der Waals surface area (Å²) >= 11 is 1.67. The minimum atomic E-state index is -3.57. The molecule has 2 rings (SSSR count). The van der Waals surface area contributed by atoms with Crippen LogP contribution in [0.2, 0.25) is 0 Å². The van der Waals surface area contributed by atoms with E-state index >= 15 is 0 Å². The summed E-state index contributed by atoms with van der Waals surface area (Å²) < 4.78 is 27.1. The van der Waals surface area contributed by atoms with Gasteiger partial charge in [-0.25, -0.2) is 24.0 Å². The molecule has 0 aliphatic heterocycles. The molecule has 21 heavy (non-hydrogen) atoms. The SMILES string of the molecule is Cc1ccc(CC(C)NS(=O)(=O)c2ccc(NN)nc2)s1. The fourth-order valence-corrected chi connectivity index (χ4v) is 4.10. The van der Waals surface area contributed by atoms with Crippen LogP contribution in [0.1, 0.15) is 16.7 Å². The summed E-state index contributed by atoms with van der Waals surface area (Å²) in [5.74, 6) is 5.61. The van der Waals surface area contributed by atoms with Gasteiger partial charge in [-0.15, -0.1) is 11.3 Å². The van der Waals surface area contributed by atoms with Gasteiger partial charge in [-0.1, -0.05) is 0 Å². The van der Waals surface area contributed by atoms with Crippen molar-refractivity contribution in [2.75, 3.05) is 5.43 Å². The lowest BCUT2D eigenvalue weighted by Gasteiger charge is -2.13. The number of nitrogens with two attached hydrogens (primary N) is 1. The van der Waals surface area contributed by atoms with E-state index in [2.05, 4.69) is 15.1 Å². The van der Waals surface area contributed by atoms with Gasteiger partial charge in [0.15, 0.2) is 0 Å². The number of aromatic nitrogens is 1. The molecule has 0 aliphatic carbocycles. The Bertz CT molecular complexity index is 695. The molecule has 1 atom stereocenters. The molecule has 0 saturated carbocycles. The number of anilines is 1. The number of nitrogens with one attached hydrogen (secondary N) is 2. The number of nitrogen functional groups attached to an aromatic ring is 1. The van der Waals surface area contributed by atoms with Crippen LogP contribution in [0.15, 0.2) is 35.4 Å². The zero-order valence-corrected chi connectivity index (χ0v) is 13.5. The van der Waals surface area contributed by atoms with Gasteiger partial charge in [0.25, 0.3) is 0 Å². The van der Waals surface area contributed by atoms with Crippen LogP contribution in [0.5, 0.6) is 0 Å². The Morgan fingerprint density at radius 2 is 2.10 bits per heavy atom. The number of nitrogens with zero attached hydrogens (tertiary/aromatic N) is 1. The second kappa shape index (κ2) is 6.52. The third-order valence-electron chi connectivity index (χ3n) is 2.85. The highest BCUT2D eigenvalue weighted by atomic mass is 32.2. The number of rotatable bonds is 6. The summed E-state index contributed by atoms with van der Waals surface area (Å²) in [5.41, 5.74) is 2.36. The van der Waals surface area contributed by atoms with Gasteiger partial charge in [0.2, 0.25) is 10.0 Å². The lowest BCUT2D eigenvalue weighted by atomic mass is 10.2. The molecular weight excluding hydrogens is 308 g/mol. The number of thiophene rings is 1. The maximum absolute atomic E-state index is 12.2. The van der Waals surface area contributed by atoms with Crippen molar-refractivity contribution in [2.24, 2.45) is 5.84 Å². The molecule has 0 radical (unpaired) electrons. The molecule has 114 valence electrons. The zero-order chi connectivity index (χ0) is 15.5. The van der Waals surface area contributed by atoms with Crippen molar-refractivity contribution in [1.82, 2.24) is 9.71 Å². The van der Waals surface area contributed by atoms with Crippen molar-refractivity contribution in [1.29, 1.82) is 0 Å². The van der Waals surface area contributed by atoms with E-state index in [1.165, 1.54) is 23.2 Å². The van der Waals surface area contributed by atoms with E-state index in [9.17, 15) is 8.42 Å². The van der Waals surface area contributed by atoms with Crippen molar-refractivity contribution < 1.29 is 8.42 Å². The Balaban J connectivity index is 2.05. The van der Waals surface area contributed by atoms with Gasteiger partial charge in [0, 0.05) is 22.0 Å². The fourth-order valence-electron chi connectivity index (χ4n) is 1.90. The molecule has 4 N–H and O–H groups in total. The van der Waals surface area contributed by atoms with Gasteiger partial charge in [0.1, 0.15) is 10.7 Å². The van der Waals surface area contributed by atoms with Crippen molar-refractivity contribution in [3.63, 3.8) is 0 Å². The molecule has 0 aliphatic rings. The Morgan fingerprint density at radius 3 is 2.62 bits per heavy atom. The lowest BCUT2D eigenvalue weighted by molar-refractivity contribution is 0.560. The first kappa shape index (κ1) is 15.9. The number of hydrogen-bond donors (Lipinski definition) is 3. The van der Waals surface area contributed by atoms with Crippen LogP contribution in [-0.4, -0.2) is 19.4 Å². The van der Waals surface area contributed by atoms with E-state index in [0.29, 0.717) is 12.2 Å². The Hall–Kier alpha value is -1.48. The van der Waals surface area contributed by atoms with Gasteiger partial charge in [-0.05, 0) is 44.5 Å². The van der Waals surface area contributed by atoms with Crippen LogP contribution in [0.3, 0.4) is 0 Å². The largest absolute Gasteiger partial charge is 0.308 e. The molecule has 0 saturated heterocycles. The van der Waals surface area contributed by atoms with Gasteiger partial charge in [-0.2, -0.15) is 0 Å². The van der Waals surface area contributed by atoms with Crippen LogP contribution >= 0.6 is 11.3 Å². The second-order valence-corrected chi connectivity index (χ2v) is 7.85. The van der Waals surface area contributed by atoms with Crippen molar-refractivity contribution >= 4 is 27.2 Å². The quantitative estimate of drug-likeness (QED) is 0.554. The zero-order valence-electron chi connectivity index (χ0n) is 11.8. The van der Waals surface area contributed by atoms with Gasteiger partial charge in [0.05, 0.1) is 0 Å². The van der Waals surface area contributed by atoms with Gasteiger partial charge in [-0.3, -0.25) is 0 Å². The number of sulfonamides is 1. The average Bonchev–Trinajstić information content (AvgIpc) is 2.83. The first-order valence-corrected chi connectivity index (χ1v) is 8.71. The first-order chi connectivity index (χ1) is 9.90. The van der Waals surface area contributed by atoms with Gasteiger partial charge >= 0.3 is 0 Å². The number of hydrazine groups is 1. The monoisotopic (exact) mass is 326 g/mol. The lowest BCUT2D eigenvalue weighted by Crippen LogP contribution is -2.34. The summed E-state index contributed by atoms with van der Waals surface area (Å²) in [4.78, 5) is 6.40. The number of pyridine rings is 1. The third-order valence-corrected chi connectivity index (χ3v) is 5.45. The predicted octanol–water partition coefficient (Wildman–Crippen LogP) is 1.65. The Labute approximate surface area is 128 Å². The molecule has 8 heteroatoms. The van der Waals surface area contributed by atoms with Gasteiger partial charge < -0.3 is 5.43 Å². The maximum atomic E-state index is 12.2. The van der Waals surface area contributed by atoms with Crippen molar-refractivity contribution in [2.45, 2.75) is 31.2 Å². The molecule has 0 fully saturated rings. The average molecular weight is 326 g/mol. The van der Waals surface area contributed by atoms with Crippen LogP contribution in [0.4, 0.5) is 5.82 Å². The number of hydrogen-bond acceptors (Lipinski definition) is 6. The fraction of sp³-hybridized carbons (Fsp3) is 0.308. The maximum Gasteiger partial charge on any atom is 0.242 e. The third kappa shape index (κ3) is 4.24. The molecule has 6 nitrogen and oxygen atoms in total. The first-order valence-electron chi connectivity index (χ1n) is 6.41. The van der Waals surface area contributed by atoms with Crippen LogP contribution < -0.4 is 16.0 Å². The topological polar surface area (TPSA) is 97.1 Å². The summed E-state index contributed by atoms with van der Waals surface area (Å²) in [7, 11) is -3.57. The Kier molecular flexibility index (Phi) is 4.94. The summed E-state index contributed by atoms with van der Waals surface area (Å²) in [6, 6.07) is 6.84. The van der Waals surface area contributed by atoms with E-state index in [0.717, 1.165) is 4.88 Å². The molecule has 0 spiro atoms. The van der Waals surface area contributed by atoms with E-state index in [1.54, 1.807) is 11.3 Å². The van der Waals surface area contributed by atoms with Crippen molar-refractivity contribution in [3.05, 3.63) is 40.2 Å². The van der Waals surface area contributed by atoms with Crippen LogP contribution in [-0.2, 0) is 16.4 Å². The minimum absolute atomic E-state index is 0.121. The van der Waals surface area contributed by atoms with E-state index in [-0.39, 0.29) is 10.9 Å². The Morgan fingerprint density at radius 1 is 1.33 bits per heavy atom. The smallest absolute Gasteiger partial charge is 0.242 e. The molecule has 2 heterocycles. The van der Waals surface area contributed by atoms with Crippen molar-refractivity contribution in [3.8, 4) is 0 Å². The van der Waals surface area contributed by atoms with Crippen LogP contribution in [0, 0.1) is 6.92 Å². The van der Waals surface area contributed by atoms with Crippen LogP contribution in [0.25, 0.3) is 0 Å². The normalized spacial score (nSPS) is 13.1. The standard InChI is InChI=1S/C13H18N4O2S2/c1-9(7-11-4-3-10(2)20-11)17-21(18,19)12-5-6-13(16-14)15-8-12/h3-6,8-9,17H,7,14H2,1-2H3,(H,15,16). The summed E-state index contributed by atoms with van der Waals surface area (Å²) in [6.07, 6.45) is 1.94. The number of aryl methyl sites for hydroxylation is 1. The van der Waals surface area contributed by atoms with E-state index in [1.807, 2.05) is 26.0 Å². The highest BCUT2D eigenvalue weighted by molar-refractivity contribution is 7.89. The molecule has 0 aromatic carbocycles. The molecular formula is C13H18N4O2S2. The van der Waals surface area contributed by atoms with E-state index < -0.39 is 10.0 Å². The molecule has 1 unspecified atom stereocenters. The highest BCUT2D eigenvalue weighted by Gasteiger charge is 2.18. The predicted molar refractivity (Wildman–Crippen MR) is 84.6 cm³/mol. The minimum Gasteiger partial charge on any atom is -0.308 e.